The molecule has 7 heteroatoms. The molecule has 0 radical (unpaired) electrons. The number of amides is 3. The van der Waals surface area contributed by atoms with E-state index in [1.807, 2.05) is 24.3 Å². The van der Waals surface area contributed by atoms with Crippen LogP contribution in [0.2, 0.25) is 0 Å². The van der Waals surface area contributed by atoms with Gasteiger partial charge in [-0.15, -0.1) is 0 Å². The molecular weight excluding hydrogens is 346 g/mol. The van der Waals surface area contributed by atoms with Crippen molar-refractivity contribution in [2.24, 2.45) is 0 Å². The lowest BCUT2D eigenvalue weighted by molar-refractivity contribution is -0.384. The van der Waals surface area contributed by atoms with Gasteiger partial charge in [0.25, 0.3) is 11.6 Å². The lowest BCUT2D eigenvalue weighted by atomic mass is 9.92. The molecule has 2 aromatic rings. The Kier molecular flexibility index (Phi) is 4.70. The lowest BCUT2D eigenvalue weighted by Crippen LogP contribution is -2.40. The van der Waals surface area contributed by atoms with E-state index >= 15 is 0 Å². The van der Waals surface area contributed by atoms with Crippen LogP contribution in [0, 0.1) is 10.1 Å². The zero-order chi connectivity index (χ0) is 19.8. The number of nitrogens with one attached hydrogen (secondary N) is 1. The van der Waals surface area contributed by atoms with Crippen LogP contribution in [0.15, 0.2) is 48.5 Å². The number of imide groups is 1. The maximum Gasteiger partial charge on any atom is 0.325 e. The van der Waals surface area contributed by atoms with Gasteiger partial charge in [0.05, 0.1) is 11.5 Å². The van der Waals surface area contributed by atoms with E-state index in [-0.39, 0.29) is 18.1 Å². The standard InChI is InChI=1S/C20H21N3O4/c1-13(2)15-6-4-14(5-7-15)12-22-18(24)20(3,21-19(22)25)16-8-10-17(11-9-16)23(26)27/h4-11,13H,12H2,1-3H3,(H,21,25). The Hall–Kier alpha value is -3.22. The maximum atomic E-state index is 12.9. The molecule has 1 aliphatic heterocycles. The minimum Gasteiger partial charge on any atom is -0.319 e. The molecule has 0 saturated carbocycles. The first-order valence-electron chi connectivity index (χ1n) is 8.70. The molecule has 0 spiro atoms. The van der Waals surface area contributed by atoms with E-state index in [1.54, 1.807) is 6.92 Å². The van der Waals surface area contributed by atoms with Gasteiger partial charge >= 0.3 is 6.03 Å². The summed E-state index contributed by atoms with van der Waals surface area (Å²) in [6, 6.07) is 13.0. The number of rotatable bonds is 5. The van der Waals surface area contributed by atoms with Crippen molar-refractivity contribution >= 4 is 17.6 Å². The van der Waals surface area contributed by atoms with Crippen molar-refractivity contribution in [1.82, 2.24) is 10.2 Å². The minimum absolute atomic E-state index is 0.0683. The predicted molar refractivity (Wildman–Crippen MR) is 100 cm³/mol. The summed E-state index contributed by atoms with van der Waals surface area (Å²) >= 11 is 0. The maximum absolute atomic E-state index is 12.9. The molecule has 0 aromatic heterocycles. The molecule has 1 heterocycles. The second-order valence-electron chi connectivity index (χ2n) is 7.15. The number of hydrogen-bond acceptors (Lipinski definition) is 4. The van der Waals surface area contributed by atoms with Crippen LogP contribution in [0.4, 0.5) is 10.5 Å². The normalized spacial score (nSPS) is 19.5. The molecule has 1 aliphatic rings. The highest BCUT2D eigenvalue weighted by Crippen LogP contribution is 2.31. The smallest absolute Gasteiger partial charge is 0.319 e. The third-order valence-corrected chi connectivity index (χ3v) is 4.92. The van der Waals surface area contributed by atoms with Crippen LogP contribution in [0.1, 0.15) is 43.4 Å². The number of benzene rings is 2. The van der Waals surface area contributed by atoms with Crippen LogP contribution in [0.5, 0.6) is 0 Å². The van der Waals surface area contributed by atoms with Gasteiger partial charge < -0.3 is 5.32 Å². The van der Waals surface area contributed by atoms with Crippen LogP contribution in [-0.2, 0) is 16.9 Å². The topological polar surface area (TPSA) is 92.6 Å². The number of non-ortho nitro benzene ring substituents is 1. The fraction of sp³-hybridized carbons (Fsp3) is 0.300. The van der Waals surface area contributed by atoms with Crippen molar-refractivity contribution in [3.63, 3.8) is 0 Å². The number of hydrogen-bond donors (Lipinski definition) is 1. The Morgan fingerprint density at radius 1 is 1.07 bits per heavy atom. The van der Waals surface area contributed by atoms with Crippen molar-refractivity contribution in [3.05, 3.63) is 75.3 Å². The van der Waals surface area contributed by atoms with Crippen LogP contribution in [0.3, 0.4) is 0 Å². The monoisotopic (exact) mass is 367 g/mol. The van der Waals surface area contributed by atoms with Gasteiger partial charge in [0, 0.05) is 12.1 Å². The van der Waals surface area contributed by atoms with Gasteiger partial charge in [-0.1, -0.05) is 38.1 Å². The molecule has 0 aliphatic carbocycles. The first-order chi connectivity index (χ1) is 12.7. The average Bonchev–Trinajstić information content (AvgIpc) is 2.86. The molecule has 3 rings (SSSR count). The Balaban J connectivity index is 1.82. The van der Waals surface area contributed by atoms with E-state index in [2.05, 4.69) is 19.2 Å². The van der Waals surface area contributed by atoms with Crippen molar-refractivity contribution in [3.8, 4) is 0 Å². The summed E-state index contributed by atoms with van der Waals surface area (Å²) < 4.78 is 0. The van der Waals surface area contributed by atoms with Gasteiger partial charge in [-0.3, -0.25) is 19.8 Å². The second kappa shape index (κ2) is 6.83. The number of nitrogens with zero attached hydrogens (tertiary/aromatic N) is 2. The fourth-order valence-electron chi connectivity index (χ4n) is 3.14. The Morgan fingerprint density at radius 2 is 1.67 bits per heavy atom. The van der Waals surface area contributed by atoms with Crippen LogP contribution in [0.25, 0.3) is 0 Å². The first kappa shape index (κ1) is 18.6. The molecule has 0 bridgehead atoms. The molecule has 1 atom stereocenters. The fourth-order valence-corrected chi connectivity index (χ4v) is 3.14. The molecule has 1 saturated heterocycles. The summed E-state index contributed by atoms with van der Waals surface area (Å²) in [6.07, 6.45) is 0. The van der Waals surface area contributed by atoms with Crippen LogP contribution < -0.4 is 5.32 Å². The highest BCUT2D eigenvalue weighted by molar-refractivity contribution is 6.07. The van der Waals surface area contributed by atoms with Gasteiger partial charge in [0.15, 0.2) is 0 Å². The Morgan fingerprint density at radius 3 is 2.19 bits per heavy atom. The third-order valence-electron chi connectivity index (χ3n) is 4.92. The Bertz CT molecular complexity index is 890. The molecular formula is C20H21N3O4. The van der Waals surface area contributed by atoms with Gasteiger partial charge in [-0.25, -0.2) is 4.79 Å². The molecule has 1 unspecified atom stereocenters. The van der Waals surface area contributed by atoms with E-state index in [4.69, 9.17) is 0 Å². The van der Waals surface area contributed by atoms with E-state index < -0.39 is 16.5 Å². The number of urea groups is 1. The third kappa shape index (κ3) is 3.40. The van der Waals surface area contributed by atoms with E-state index in [9.17, 15) is 19.7 Å². The summed E-state index contributed by atoms with van der Waals surface area (Å²) in [7, 11) is 0. The second-order valence-corrected chi connectivity index (χ2v) is 7.15. The number of nitro groups is 1. The highest BCUT2D eigenvalue weighted by Gasteiger charge is 2.48. The summed E-state index contributed by atoms with van der Waals surface area (Å²) in [4.78, 5) is 36.8. The molecule has 27 heavy (non-hydrogen) atoms. The van der Waals surface area contributed by atoms with Gasteiger partial charge in [-0.05, 0) is 41.7 Å². The van der Waals surface area contributed by atoms with Crippen molar-refractivity contribution in [2.75, 3.05) is 0 Å². The van der Waals surface area contributed by atoms with Gasteiger partial charge in [0.2, 0.25) is 0 Å². The van der Waals surface area contributed by atoms with Gasteiger partial charge in [-0.2, -0.15) is 0 Å². The molecule has 140 valence electrons. The summed E-state index contributed by atoms with van der Waals surface area (Å²) in [6.45, 7) is 5.98. The minimum atomic E-state index is -1.25. The van der Waals surface area contributed by atoms with E-state index in [1.165, 1.54) is 34.7 Å². The predicted octanol–water partition coefficient (Wildman–Crippen LogP) is 3.69. The summed E-state index contributed by atoms with van der Waals surface area (Å²) in [5.74, 6) is 0.0236. The number of nitro benzene ring substituents is 1. The molecule has 1 fully saturated rings. The van der Waals surface area contributed by atoms with Crippen LogP contribution in [-0.4, -0.2) is 21.8 Å². The quantitative estimate of drug-likeness (QED) is 0.495. The van der Waals surface area contributed by atoms with Gasteiger partial charge in [0.1, 0.15) is 5.54 Å². The van der Waals surface area contributed by atoms with E-state index in [0.29, 0.717) is 11.5 Å². The first-order valence-corrected chi connectivity index (χ1v) is 8.70. The number of carbonyl (C=O) groups is 2. The van der Waals surface area contributed by atoms with Crippen LogP contribution >= 0.6 is 0 Å². The summed E-state index contributed by atoms with van der Waals surface area (Å²) in [5.41, 5.74) is 1.23. The molecule has 2 aromatic carbocycles. The SMILES string of the molecule is CC(C)c1ccc(CN2C(=O)NC(C)(c3ccc([N+](=O)[O-])cc3)C2=O)cc1. The van der Waals surface area contributed by atoms with Crippen molar-refractivity contribution < 1.29 is 14.5 Å². The highest BCUT2D eigenvalue weighted by atomic mass is 16.6. The van der Waals surface area contributed by atoms with Crippen molar-refractivity contribution in [2.45, 2.75) is 38.8 Å². The zero-order valence-electron chi connectivity index (χ0n) is 15.4. The molecule has 1 N–H and O–H groups in total. The lowest BCUT2D eigenvalue weighted by Gasteiger charge is -2.22. The largest absolute Gasteiger partial charge is 0.325 e. The molecule has 3 amide bonds. The van der Waals surface area contributed by atoms with Crippen molar-refractivity contribution in [1.29, 1.82) is 0 Å². The molecule has 7 nitrogen and oxygen atoms in total. The summed E-state index contributed by atoms with van der Waals surface area (Å²) in [5, 5.41) is 13.5. The average molecular weight is 367 g/mol. The van der Waals surface area contributed by atoms with E-state index in [0.717, 1.165) is 5.56 Å². The zero-order valence-corrected chi connectivity index (χ0v) is 15.4. The Labute approximate surface area is 157 Å². The number of carbonyl (C=O) groups excluding carboxylic acids is 2.